The first-order valence-electron chi connectivity index (χ1n) is 6.27. The third kappa shape index (κ3) is 4.02. The number of carbonyl (C=O) groups is 1. The molecule has 1 aromatic rings. The fourth-order valence-corrected chi connectivity index (χ4v) is 2.01. The molecule has 0 bridgehead atoms. The maximum absolute atomic E-state index is 11.1. The third-order valence-corrected chi connectivity index (χ3v) is 3.00. The van der Waals surface area contributed by atoms with Crippen molar-refractivity contribution >= 4 is 5.91 Å². The summed E-state index contributed by atoms with van der Waals surface area (Å²) in [4.78, 5) is 17.1. The fourth-order valence-electron chi connectivity index (χ4n) is 2.01. The van der Waals surface area contributed by atoms with E-state index in [2.05, 4.69) is 16.1 Å². The molecule has 1 saturated heterocycles. The molecular weight excluding hydrogens is 248 g/mol. The lowest BCUT2D eigenvalue weighted by molar-refractivity contribution is -0.0958. The molecule has 7 heteroatoms. The second-order valence-electron chi connectivity index (χ2n) is 4.58. The lowest BCUT2D eigenvalue weighted by Crippen LogP contribution is -2.39. The highest BCUT2D eigenvalue weighted by Crippen LogP contribution is 2.03. The van der Waals surface area contributed by atoms with Gasteiger partial charge in [-0.2, -0.15) is 0 Å². The normalized spacial score (nSPS) is 19.8. The van der Waals surface area contributed by atoms with Crippen LogP contribution in [0.3, 0.4) is 0 Å². The van der Waals surface area contributed by atoms with E-state index < -0.39 is 5.91 Å². The highest BCUT2D eigenvalue weighted by atomic mass is 16.6. The number of nitrogens with two attached hydrogens (primary N) is 1. The first-order chi connectivity index (χ1) is 9.16. The molecule has 19 heavy (non-hydrogen) atoms. The number of likely N-dealkylation sites (N-methyl/N-ethyl adjacent to an activating group) is 1. The Morgan fingerprint density at radius 3 is 3.21 bits per heavy atom. The van der Waals surface area contributed by atoms with Gasteiger partial charge in [0, 0.05) is 25.8 Å². The number of aromatic nitrogens is 2. The number of carbonyl (C=O) groups excluding carboxylic acids is 1. The first-order valence-corrected chi connectivity index (χ1v) is 6.27. The monoisotopic (exact) mass is 267 g/mol. The van der Waals surface area contributed by atoms with Crippen LogP contribution in [0, 0.1) is 6.20 Å². The van der Waals surface area contributed by atoms with Gasteiger partial charge in [0.25, 0.3) is 5.91 Å². The Balaban J connectivity index is 1.77. The molecule has 105 valence electrons. The van der Waals surface area contributed by atoms with Crippen LogP contribution in [0.25, 0.3) is 0 Å². The van der Waals surface area contributed by atoms with Crippen LogP contribution in [-0.4, -0.2) is 66.4 Å². The van der Waals surface area contributed by atoms with Crippen LogP contribution >= 0.6 is 0 Å². The molecule has 2 N–H and O–H groups in total. The van der Waals surface area contributed by atoms with Gasteiger partial charge in [0.05, 0.1) is 25.9 Å². The lowest BCUT2D eigenvalue weighted by Gasteiger charge is -2.27. The summed E-state index contributed by atoms with van der Waals surface area (Å²) in [6.45, 7) is 4.16. The van der Waals surface area contributed by atoms with Crippen molar-refractivity contribution in [1.29, 1.82) is 0 Å². The maximum atomic E-state index is 11.1. The minimum atomic E-state index is -0.534. The van der Waals surface area contributed by atoms with E-state index in [0.29, 0.717) is 26.4 Å². The zero-order valence-electron chi connectivity index (χ0n) is 11.0. The van der Waals surface area contributed by atoms with E-state index in [9.17, 15) is 4.79 Å². The number of imidazole rings is 1. The lowest BCUT2D eigenvalue weighted by atomic mass is 10.3. The number of hydrogen-bond donors (Lipinski definition) is 1. The predicted molar refractivity (Wildman–Crippen MR) is 67.6 cm³/mol. The largest absolute Gasteiger partial charge is 0.376 e. The Morgan fingerprint density at radius 1 is 1.68 bits per heavy atom. The molecule has 2 heterocycles. The molecule has 1 aliphatic rings. The Hall–Kier alpha value is -1.44. The Bertz CT molecular complexity index is 415. The first kappa shape index (κ1) is 14.0. The second kappa shape index (κ2) is 6.65. The zero-order valence-corrected chi connectivity index (χ0v) is 11.0. The standard InChI is InChI=1S/C12H19N4O3/c1-15(8-10-9-18-6-7-19-10)4-5-16-3-2-14-12(16)11(13)17/h3,10H,4-9H2,1H3,(H2,13,17). The van der Waals surface area contributed by atoms with E-state index >= 15 is 0 Å². The summed E-state index contributed by atoms with van der Waals surface area (Å²) in [6, 6.07) is 0. The topological polar surface area (TPSA) is 82.6 Å². The molecule has 1 amide bonds. The van der Waals surface area contributed by atoms with Gasteiger partial charge >= 0.3 is 0 Å². The van der Waals surface area contributed by atoms with Crippen molar-refractivity contribution < 1.29 is 14.3 Å². The van der Waals surface area contributed by atoms with Crippen molar-refractivity contribution in [1.82, 2.24) is 14.5 Å². The van der Waals surface area contributed by atoms with E-state index in [4.69, 9.17) is 15.2 Å². The quantitative estimate of drug-likeness (QED) is 0.724. The van der Waals surface area contributed by atoms with E-state index in [-0.39, 0.29) is 11.9 Å². The van der Waals surface area contributed by atoms with Crippen LogP contribution in [0.4, 0.5) is 0 Å². The number of rotatable bonds is 6. The summed E-state index contributed by atoms with van der Waals surface area (Å²) in [7, 11) is 2.00. The minimum Gasteiger partial charge on any atom is -0.376 e. The predicted octanol–water partition coefficient (Wildman–Crippen LogP) is -0.871. The molecule has 1 atom stereocenters. The Kier molecular flexibility index (Phi) is 4.89. The molecule has 1 aromatic heterocycles. The second-order valence-corrected chi connectivity index (χ2v) is 4.58. The van der Waals surface area contributed by atoms with Gasteiger partial charge in [0.15, 0.2) is 5.82 Å². The number of primary amides is 1. The number of ether oxygens (including phenoxy) is 2. The molecular formula is C12H19N4O3. The Labute approximate surface area is 112 Å². The van der Waals surface area contributed by atoms with Crippen molar-refractivity contribution in [2.75, 3.05) is 40.0 Å². The SMILES string of the molecule is CN(CCn1c[c]nc1C(N)=O)CC1COCCO1. The third-order valence-electron chi connectivity index (χ3n) is 3.00. The molecule has 2 rings (SSSR count). The van der Waals surface area contributed by atoms with E-state index in [1.54, 1.807) is 10.8 Å². The summed E-state index contributed by atoms with van der Waals surface area (Å²) in [5.74, 6) is -0.293. The average Bonchev–Trinajstić information content (AvgIpc) is 2.86. The number of nitrogens with zero attached hydrogens (tertiary/aromatic N) is 3. The van der Waals surface area contributed by atoms with Crippen LogP contribution in [-0.2, 0) is 16.0 Å². The van der Waals surface area contributed by atoms with Gasteiger partial charge in [-0.25, -0.2) is 4.98 Å². The smallest absolute Gasteiger partial charge is 0.284 e. The molecule has 1 unspecified atom stereocenters. The molecule has 7 nitrogen and oxygen atoms in total. The highest BCUT2D eigenvalue weighted by molar-refractivity contribution is 5.89. The summed E-state index contributed by atoms with van der Waals surface area (Å²) in [5, 5.41) is 0. The molecule has 0 spiro atoms. The van der Waals surface area contributed by atoms with Crippen molar-refractivity contribution in [3.05, 3.63) is 18.2 Å². The molecule has 0 saturated carbocycles. The highest BCUT2D eigenvalue weighted by Gasteiger charge is 2.16. The molecule has 1 aliphatic heterocycles. The number of amides is 1. The van der Waals surface area contributed by atoms with Crippen molar-refractivity contribution in [3.8, 4) is 0 Å². The van der Waals surface area contributed by atoms with Crippen LogP contribution in [0.5, 0.6) is 0 Å². The molecule has 0 aromatic carbocycles. The van der Waals surface area contributed by atoms with Gasteiger partial charge in [-0.15, -0.1) is 0 Å². The van der Waals surface area contributed by atoms with Crippen LogP contribution in [0.1, 0.15) is 10.6 Å². The van der Waals surface area contributed by atoms with Crippen molar-refractivity contribution in [2.24, 2.45) is 5.73 Å². The minimum absolute atomic E-state index is 0.115. The van der Waals surface area contributed by atoms with Gasteiger partial charge in [0.2, 0.25) is 0 Å². The van der Waals surface area contributed by atoms with E-state index in [1.165, 1.54) is 0 Å². The van der Waals surface area contributed by atoms with Gasteiger partial charge in [0.1, 0.15) is 6.20 Å². The van der Waals surface area contributed by atoms with Gasteiger partial charge in [-0.3, -0.25) is 4.79 Å². The Morgan fingerprint density at radius 2 is 2.53 bits per heavy atom. The molecule has 1 fully saturated rings. The van der Waals surface area contributed by atoms with E-state index in [1.807, 2.05) is 7.05 Å². The fraction of sp³-hybridized carbons (Fsp3) is 0.667. The van der Waals surface area contributed by atoms with Crippen LogP contribution in [0.2, 0.25) is 0 Å². The average molecular weight is 267 g/mol. The molecule has 1 radical (unpaired) electrons. The van der Waals surface area contributed by atoms with Crippen molar-refractivity contribution in [3.63, 3.8) is 0 Å². The van der Waals surface area contributed by atoms with E-state index in [0.717, 1.165) is 13.1 Å². The van der Waals surface area contributed by atoms with Crippen molar-refractivity contribution in [2.45, 2.75) is 12.6 Å². The van der Waals surface area contributed by atoms with Gasteiger partial charge < -0.3 is 24.7 Å². The summed E-state index contributed by atoms with van der Waals surface area (Å²) >= 11 is 0. The van der Waals surface area contributed by atoms with Gasteiger partial charge in [-0.05, 0) is 7.05 Å². The van der Waals surface area contributed by atoms with Gasteiger partial charge in [-0.1, -0.05) is 0 Å². The molecule has 0 aliphatic carbocycles. The van der Waals surface area contributed by atoms with Crippen LogP contribution in [0.15, 0.2) is 6.20 Å². The zero-order chi connectivity index (χ0) is 13.7. The van der Waals surface area contributed by atoms with Crippen LogP contribution < -0.4 is 5.73 Å². The summed E-state index contributed by atoms with van der Waals surface area (Å²) in [6.07, 6.45) is 4.38. The maximum Gasteiger partial charge on any atom is 0.284 e. The summed E-state index contributed by atoms with van der Waals surface area (Å²) < 4.78 is 12.6. The summed E-state index contributed by atoms with van der Waals surface area (Å²) in [5.41, 5.74) is 5.22. The number of hydrogen-bond acceptors (Lipinski definition) is 5.